The molecule has 1 saturated carbocycles. The molecule has 0 spiro atoms. The van der Waals surface area contributed by atoms with E-state index in [9.17, 15) is 23.5 Å². The van der Waals surface area contributed by atoms with Crippen LogP contribution in [0.15, 0.2) is 30.3 Å². The van der Waals surface area contributed by atoms with E-state index in [0.29, 0.717) is 37.9 Å². The Balaban J connectivity index is 1.32. The van der Waals surface area contributed by atoms with Gasteiger partial charge in [-0.25, -0.2) is 13.8 Å². The second-order valence-corrected chi connectivity index (χ2v) is 14.6. The fourth-order valence-electron chi connectivity index (χ4n) is 6.62. The fourth-order valence-corrected chi connectivity index (χ4v) is 7.43. The van der Waals surface area contributed by atoms with Gasteiger partial charge in [0.25, 0.3) is 0 Å². The van der Waals surface area contributed by atoms with Gasteiger partial charge in [0.2, 0.25) is 5.88 Å². The highest BCUT2D eigenvalue weighted by Crippen LogP contribution is 2.44. The summed E-state index contributed by atoms with van der Waals surface area (Å²) in [5.74, 6) is -1.18. The number of aryl methyl sites for hydroxylation is 1. The Morgan fingerprint density at radius 1 is 1.11 bits per heavy atom. The predicted molar refractivity (Wildman–Crippen MR) is 164 cm³/mol. The minimum Gasteiger partial charge on any atom is -0.481 e. The number of carbonyl (C=O) groups excluding carboxylic acids is 2. The summed E-state index contributed by atoms with van der Waals surface area (Å²) in [4.78, 5) is 34.2. The summed E-state index contributed by atoms with van der Waals surface area (Å²) in [6, 6.07) is 7.30. The van der Waals surface area contributed by atoms with Crippen LogP contribution >= 0.6 is 11.3 Å². The summed E-state index contributed by atoms with van der Waals surface area (Å²) in [6.45, 7) is 8.99. The Morgan fingerprint density at radius 2 is 1.82 bits per heavy atom. The number of methoxy groups -OCH3 is 1. The van der Waals surface area contributed by atoms with E-state index in [1.165, 1.54) is 6.07 Å². The van der Waals surface area contributed by atoms with Gasteiger partial charge in [0.15, 0.2) is 15.8 Å². The molecule has 0 atom stereocenters. The molecule has 1 aliphatic carbocycles. The number of benzene rings is 1. The number of hydrogen-bond donors (Lipinski definition) is 1. The lowest BCUT2D eigenvalue weighted by atomic mass is 9.68. The van der Waals surface area contributed by atoms with Gasteiger partial charge in [0, 0.05) is 66.9 Å². The fraction of sp³-hybridized carbons (Fsp3) is 0.545. The summed E-state index contributed by atoms with van der Waals surface area (Å²) < 4.78 is 33.1. The van der Waals surface area contributed by atoms with Crippen molar-refractivity contribution in [2.75, 3.05) is 20.2 Å². The maximum absolute atomic E-state index is 14.4. The molecular formula is C33H40F2N4O4S. The molecule has 2 aliphatic rings. The number of aromatic nitrogens is 3. The zero-order valence-corrected chi connectivity index (χ0v) is 26.8. The molecule has 236 valence electrons. The summed E-state index contributed by atoms with van der Waals surface area (Å²) >= 11 is 0.968. The Bertz CT molecular complexity index is 1540. The first-order valence-corrected chi connectivity index (χ1v) is 15.8. The van der Waals surface area contributed by atoms with E-state index in [2.05, 4.69) is 20.1 Å². The number of nitrogens with zero attached hydrogens (tertiary/aromatic N) is 4. The molecule has 1 aliphatic heterocycles. The molecule has 1 saturated heterocycles. The van der Waals surface area contributed by atoms with Crippen LogP contribution in [0.2, 0.25) is 0 Å². The highest BCUT2D eigenvalue weighted by Gasteiger charge is 2.49. The minimum atomic E-state index is -0.772. The van der Waals surface area contributed by atoms with Gasteiger partial charge in [-0.1, -0.05) is 25.2 Å². The summed E-state index contributed by atoms with van der Waals surface area (Å²) in [6.07, 6.45) is 3.74. The average molecular weight is 627 g/mol. The SMILES string of the molecule is COc1cc(C)cc(C(C)(C)CC(=O)CC2(CC(=O)c3nnc(-c4ccc(F)cc4F)s3)CN(C3CCC(C)(O)CC3)C2)n1. The summed E-state index contributed by atoms with van der Waals surface area (Å²) in [5.41, 5.74) is 0.0724. The molecule has 1 N–H and O–H groups in total. The first-order valence-electron chi connectivity index (χ1n) is 15.0. The molecule has 8 nitrogen and oxygen atoms in total. The van der Waals surface area contributed by atoms with E-state index in [4.69, 9.17) is 4.74 Å². The first kappa shape index (κ1) is 32.2. The van der Waals surface area contributed by atoms with Crippen molar-refractivity contribution >= 4 is 22.9 Å². The standard InChI is InChI=1S/C33H40F2N4O4S/c1-20-12-27(36-28(13-20)43-5)31(2,3)15-23(40)16-33(18-39(19-33)22-8-10-32(4,42)11-9-22)17-26(41)30-38-37-29(44-30)24-7-6-21(34)14-25(24)35/h6-7,12-14,22,42H,8-11,15-19H2,1-5H3. The van der Waals surface area contributed by atoms with E-state index in [1.807, 2.05) is 39.8 Å². The first-order chi connectivity index (χ1) is 20.7. The predicted octanol–water partition coefficient (Wildman–Crippen LogP) is 6.09. The number of aliphatic hydroxyl groups is 1. The highest BCUT2D eigenvalue weighted by molar-refractivity contribution is 7.16. The van der Waals surface area contributed by atoms with Crippen LogP contribution in [0.25, 0.3) is 10.6 Å². The quantitative estimate of drug-likeness (QED) is 0.255. The van der Waals surface area contributed by atoms with Crippen LogP contribution in [0.1, 0.15) is 86.8 Å². The van der Waals surface area contributed by atoms with Crippen LogP contribution < -0.4 is 4.74 Å². The van der Waals surface area contributed by atoms with Gasteiger partial charge in [-0.05, 0) is 63.3 Å². The number of Topliss-reactive ketones (excluding diaryl/α,β-unsaturated/α-hetero) is 2. The van der Waals surface area contributed by atoms with Crippen molar-refractivity contribution in [2.24, 2.45) is 5.41 Å². The van der Waals surface area contributed by atoms with Crippen molar-refractivity contribution in [3.8, 4) is 16.5 Å². The molecule has 0 unspecified atom stereocenters. The number of pyridine rings is 1. The number of ether oxygens (including phenoxy) is 1. The van der Waals surface area contributed by atoms with E-state index >= 15 is 0 Å². The third kappa shape index (κ3) is 7.21. The molecule has 3 heterocycles. The molecular weight excluding hydrogens is 586 g/mol. The van der Waals surface area contributed by atoms with Crippen LogP contribution in [-0.2, 0) is 10.2 Å². The van der Waals surface area contributed by atoms with Gasteiger partial charge in [0.1, 0.15) is 17.4 Å². The maximum Gasteiger partial charge on any atom is 0.213 e. The molecule has 0 bridgehead atoms. The third-order valence-corrected chi connectivity index (χ3v) is 10.0. The lowest BCUT2D eigenvalue weighted by molar-refractivity contribution is -0.128. The van der Waals surface area contributed by atoms with Crippen LogP contribution in [0.5, 0.6) is 5.88 Å². The third-order valence-electron chi connectivity index (χ3n) is 9.05. The van der Waals surface area contributed by atoms with Crippen LogP contribution in [-0.4, -0.2) is 68.6 Å². The van der Waals surface area contributed by atoms with E-state index in [1.54, 1.807) is 7.11 Å². The molecule has 0 amide bonds. The van der Waals surface area contributed by atoms with Gasteiger partial charge in [-0.2, -0.15) is 0 Å². The second-order valence-electron chi connectivity index (χ2n) is 13.6. The Kier molecular flexibility index (Phi) is 9.04. The van der Waals surface area contributed by atoms with Gasteiger partial charge < -0.3 is 9.84 Å². The molecule has 3 aromatic rings. The molecule has 5 rings (SSSR count). The second kappa shape index (κ2) is 12.3. The number of rotatable bonds is 11. The molecule has 2 fully saturated rings. The summed E-state index contributed by atoms with van der Waals surface area (Å²) in [7, 11) is 1.57. The number of likely N-dealkylation sites (tertiary alicyclic amines) is 1. The minimum absolute atomic E-state index is 0.0441. The van der Waals surface area contributed by atoms with Crippen LogP contribution in [0.4, 0.5) is 8.78 Å². The number of carbonyl (C=O) groups is 2. The van der Waals surface area contributed by atoms with Gasteiger partial charge in [-0.3, -0.25) is 14.5 Å². The molecule has 0 radical (unpaired) electrons. The van der Waals surface area contributed by atoms with Crippen molar-refractivity contribution in [3.63, 3.8) is 0 Å². The lowest BCUT2D eigenvalue weighted by Crippen LogP contribution is -2.62. The smallest absolute Gasteiger partial charge is 0.213 e. The molecule has 11 heteroatoms. The zero-order valence-electron chi connectivity index (χ0n) is 26.0. The van der Waals surface area contributed by atoms with Crippen molar-refractivity contribution in [2.45, 2.75) is 89.7 Å². The van der Waals surface area contributed by atoms with Crippen molar-refractivity contribution < 1.29 is 28.2 Å². The average Bonchev–Trinajstić information content (AvgIpc) is 3.41. The number of halogens is 2. The molecule has 2 aromatic heterocycles. The van der Waals surface area contributed by atoms with Crippen molar-refractivity contribution in [1.82, 2.24) is 20.1 Å². The largest absolute Gasteiger partial charge is 0.481 e. The monoisotopic (exact) mass is 626 g/mol. The van der Waals surface area contributed by atoms with E-state index in [-0.39, 0.29) is 46.4 Å². The molecule has 44 heavy (non-hydrogen) atoms. The van der Waals surface area contributed by atoms with Gasteiger partial charge >= 0.3 is 0 Å². The van der Waals surface area contributed by atoms with Gasteiger partial charge in [0.05, 0.1) is 18.4 Å². The topological polar surface area (TPSA) is 106 Å². The Labute approximate surface area is 260 Å². The normalized spacial score (nSPS) is 22.0. The van der Waals surface area contributed by atoms with Gasteiger partial charge in [-0.15, -0.1) is 10.2 Å². The van der Waals surface area contributed by atoms with E-state index in [0.717, 1.165) is 47.6 Å². The number of hydrogen-bond acceptors (Lipinski definition) is 9. The zero-order chi connectivity index (χ0) is 31.9. The lowest BCUT2D eigenvalue weighted by Gasteiger charge is -2.54. The van der Waals surface area contributed by atoms with Crippen LogP contribution in [0.3, 0.4) is 0 Å². The number of ketones is 2. The maximum atomic E-state index is 14.4. The Hall–Kier alpha value is -3.15. The molecule has 1 aromatic carbocycles. The summed E-state index contributed by atoms with van der Waals surface area (Å²) in [5, 5.41) is 18.8. The van der Waals surface area contributed by atoms with Crippen LogP contribution in [0, 0.1) is 24.0 Å². The Morgan fingerprint density at radius 3 is 2.48 bits per heavy atom. The van der Waals surface area contributed by atoms with E-state index < -0.39 is 28.1 Å². The highest BCUT2D eigenvalue weighted by atomic mass is 32.1. The van der Waals surface area contributed by atoms with Crippen molar-refractivity contribution in [3.05, 3.63) is 58.2 Å². The van der Waals surface area contributed by atoms with Crippen molar-refractivity contribution in [1.29, 1.82) is 0 Å².